The molecule has 7 heteroatoms. The maximum Gasteiger partial charge on any atom is 0.410 e. The van der Waals surface area contributed by atoms with Gasteiger partial charge in [-0.3, -0.25) is 0 Å². The van der Waals surface area contributed by atoms with E-state index in [-0.39, 0.29) is 6.09 Å². The van der Waals surface area contributed by atoms with E-state index in [2.05, 4.69) is 15.3 Å². The highest BCUT2D eigenvalue weighted by Gasteiger charge is 2.29. The van der Waals surface area contributed by atoms with Crippen molar-refractivity contribution in [3.63, 3.8) is 0 Å². The minimum absolute atomic E-state index is 0.246. The molecule has 0 bridgehead atoms. The molecule has 6 nitrogen and oxygen atoms in total. The fourth-order valence-corrected chi connectivity index (χ4v) is 2.29. The standard InChI is InChI=1S/C14H21ClN4O2/c1-14(2,3)21-13(20)19-7-5-10(9-19)8-17-12-16-6-4-11(15)18-12/h4,6,10H,5,7-9H2,1-3H3,(H,16,17,18)/t10-/m1/s1. The van der Waals surface area contributed by atoms with Crippen molar-refractivity contribution in [3.05, 3.63) is 17.4 Å². The van der Waals surface area contributed by atoms with E-state index in [0.29, 0.717) is 30.1 Å². The summed E-state index contributed by atoms with van der Waals surface area (Å²) in [5.41, 5.74) is -0.456. The van der Waals surface area contributed by atoms with Crippen LogP contribution in [-0.4, -0.2) is 46.2 Å². The first-order valence-electron chi connectivity index (χ1n) is 7.04. The third-order valence-corrected chi connectivity index (χ3v) is 3.32. The molecule has 116 valence electrons. The molecule has 0 spiro atoms. The van der Waals surface area contributed by atoms with E-state index < -0.39 is 5.60 Å². The van der Waals surface area contributed by atoms with Crippen LogP contribution in [0.3, 0.4) is 0 Å². The van der Waals surface area contributed by atoms with Gasteiger partial charge in [-0.05, 0) is 39.2 Å². The van der Waals surface area contributed by atoms with Crippen LogP contribution in [0.2, 0.25) is 5.15 Å². The molecule has 1 aliphatic heterocycles. The molecule has 2 rings (SSSR count). The topological polar surface area (TPSA) is 67.3 Å². The van der Waals surface area contributed by atoms with Gasteiger partial charge >= 0.3 is 6.09 Å². The first-order chi connectivity index (χ1) is 9.83. The Balaban J connectivity index is 1.79. The molecule has 21 heavy (non-hydrogen) atoms. The Bertz CT molecular complexity index is 504. The largest absolute Gasteiger partial charge is 0.444 e. The number of rotatable bonds is 3. The SMILES string of the molecule is CC(C)(C)OC(=O)N1CC[C@H](CNc2nccc(Cl)n2)C1. The lowest BCUT2D eigenvalue weighted by Crippen LogP contribution is -2.35. The van der Waals surface area contributed by atoms with Crippen LogP contribution in [0.25, 0.3) is 0 Å². The van der Waals surface area contributed by atoms with Gasteiger partial charge < -0.3 is 15.0 Å². The second kappa shape index (κ2) is 6.47. The number of likely N-dealkylation sites (tertiary alicyclic amines) is 1. The number of hydrogen-bond donors (Lipinski definition) is 1. The molecule has 1 aliphatic rings. The number of carbonyl (C=O) groups is 1. The summed E-state index contributed by atoms with van der Waals surface area (Å²) in [5.74, 6) is 0.873. The smallest absolute Gasteiger partial charge is 0.410 e. The number of ether oxygens (including phenoxy) is 1. The van der Waals surface area contributed by atoms with E-state index in [1.165, 1.54) is 0 Å². The van der Waals surface area contributed by atoms with Gasteiger partial charge in [0.15, 0.2) is 0 Å². The van der Waals surface area contributed by atoms with E-state index >= 15 is 0 Å². The Labute approximate surface area is 129 Å². The molecule has 1 aromatic rings. The zero-order valence-electron chi connectivity index (χ0n) is 12.6. The highest BCUT2D eigenvalue weighted by molar-refractivity contribution is 6.29. The van der Waals surface area contributed by atoms with E-state index in [4.69, 9.17) is 16.3 Å². The van der Waals surface area contributed by atoms with Gasteiger partial charge in [0.25, 0.3) is 0 Å². The molecule has 1 N–H and O–H groups in total. The molecular weight excluding hydrogens is 292 g/mol. The van der Waals surface area contributed by atoms with Crippen LogP contribution >= 0.6 is 11.6 Å². The van der Waals surface area contributed by atoms with Crippen molar-refractivity contribution in [2.45, 2.75) is 32.8 Å². The lowest BCUT2D eigenvalue weighted by atomic mass is 10.1. The number of carbonyl (C=O) groups excluding carboxylic acids is 1. The van der Waals surface area contributed by atoms with Crippen molar-refractivity contribution in [2.75, 3.05) is 25.0 Å². The molecule has 0 radical (unpaired) electrons. The van der Waals surface area contributed by atoms with Crippen LogP contribution in [0, 0.1) is 5.92 Å². The maximum atomic E-state index is 12.0. The summed E-state index contributed by atoms with van der Waals surface area (Å²) in [5, 5.41) is 3.56. The monoisotopic (exact) mass is 312 g/mol. The van der Waals surface area contributed by atoms with Gasteiger partial charge in [-0.25, -0.2) is 14.8 Å². The fourth-order valence-electron chi connectivity index (χ4n) is 2.15. The quantitative estimate of drug-likeness (QED) is 0.869. The molecule has 1 atom stereocenters. The zero-order valence-corrected chi connectivity index (χ0v) is 13.4. The van der Waals surface area contributed by atoms with Crippen LogP contribution < -0.4 is 5.32 Å². The van der Waals surface area contributed by atoms with Crippen molar-refractivity contribution < 1.29 is 9.53 Å². The minimum Gasteiger partial charge on any atom is -0.444 e. The fraction of sp³-hybridized carbons (Fsp3) is 0.643. The number of halogens is 1. The zero-order chi connectivity index (χ0) is 15.5. The first-order valence-corrected chi connectivity index (χ1v) is 7.41. The highest BCUT2D eigenvalue weighted by Crippen LogP contribution is 2.19. The van der Waals surface area contributed by atoms with Crippen LogP contribution in [0.4, 0.5) is 10.7 Å². The number of aromatic nitrogens is 2. The van der Waals surface area contributed by atoms with Gasteiger partial charge in [-0.2, -0.15) is 0 Å². The summed E-state index contributed by atoms with van der Waals surface area (Å²) in [4.78, 5) is 21.9. The van der Waals surface area contributed by atoms with E-state index in [1.807, 2.05) is 20.8 Å². The third kappa shape index (κ3) is 5.04. The summed E-state index contributed by atoms with van der Waals surface area (Å²) < 4.78 is 5.37. The maximum absolute atomic E-state index is 12.0. The normalized spacial score (nSPS) is 18.7. The average Bonchev–Trinajstić information content (AvgIpc) is 2.83. The molecule has 1 fully saturated rings. The van der Waals surface area contributed by atoms with Gasteiger partial charge in [-0.15, -0.1) is 0 Å². The Morgan fingerprint density at radius 1 is 1.57 bits per heavy atom. The van der Waals surface area contributed by atoms with Gasteiger partial charge in [0.2, 0.25) is 5.95 Å². The second-order valence-electron chi connectivity index (χ2n) is 6.16. The third-order valence-electron chi connectivity index (χ3n) is 3.11. The van der Waals surface area contributed by atoms with Gasteiger partial charge in [0.05, 0.1) is 0 Å². The Morgan fingerprint density at radius 3 is 3.00 bits per heavy atom. The lowest BCUT2D eigenvalue weighted by molar-refractivity contribution is 0.0289. The van der Waals surface area contributed by atoms with Crippen molar-refractivity contribution >= 4 is 23.6 Å². The van der Waals surface area contributed by atoms with E-state index in [0.717, 1.165) is 13.0 Å². The average molecular weight is 313 g/mol. The Kier molecular flexibility index (Phi) is 4.88. The summed E-state index contributed by atoms with van der Waals surface area (Å²) >= 11 is 5.81. The lowest BCUT2D eigenvalue weighted by Gasteiger charge is -2.24. The number of anilines is 1. The molecular formula is C14H21ClN4O2. The molecule has 0 saturated carbocycles. The molecule has 1 aromatic heterocycles. The van der Waals surface area contributed by atoms with Crippen molar-refractivity contribution in [1.82, 2.24) is 14.9 Å². The molecule has 0 aliphatic carbocycles. The Morgan fingerprint density at radius 2 is 2.33 bits per heavy atom. The van der Waals surface area contributed by atoms with Crippen LogP contribution in [-0.2, 0) is 4.74 Å². The van der Waals surface area contributed by atoms with Gasteiger partial charge in [-0.1, -0.05) is 11.6 Å². The second-order valence-corrected chi connectivity index (χ2v) is 6.55. The van der Waals surface area contributed by atoms with Crippen molar-refractivity contribution in [2.24, 2.45) is 5.92 Å². The molecule has 2 heterocycles. The van der Waals surface area contributed by atoms with E-state index in [9.17, 15) is 4.79 Å². The molecule has 1 amide bonds. The number of hydrogen-bond acceptors (Lipinski definition) is 5. The number of nitrogens with one attached hydrogen (secondary N) is 1. The van der Waals surface area contributed by atoms with Crippen LogP contribution in [0.5, 0.6) is 0 Å². The highest BCUT2D eigenvalue weighted by atomic mass is 35.5. The van der Waals surface area contributed by atoms with Crippen molar-refractivity contribution in [3.8, 4) is 0 Å². The summed E-state index contributed by atoms with van der Waals surface area (Å²) in [6.45, 7) is 7.73. The Hall–Kier alpha value is -1.56. The summed E-state index contributed by atoms with van der Waals surface area (Å²) in [6.07, 6.45) is 2.30. The van der Waals surface area contributed by atoms with Crippen LogP contribution in [0.15, 0.2) is 12.3 Å². The predicted octanol–water partition coefficient (Wildman–Crippen LogP) is 2.80. The summed E-state index contributed by atoms with van der Waals surface area (Å²) in [7, 11) is 0. The molecule has 1 saturated heterocycles. The minimum atomic E-state index is -0.456. The predicted molar refractivity (Wildman–Crippen MR) is 81.4 cm³/mol. The van der Waals surface area contributed by atoms with Gasteiger partial charge in [0, 0.05) is 25.8 Å². The van der Waals surface area contributed by atoms with Gasteiger partial charge in [0.1, 0.15) is 10.8 Å². The molecule has 0 aromatic carbocycles. The number of amides is 1. The summed E-state index contributed by atoms with van der Waals surface area (Å²) in [6, 6.07) is 1.63. The van der Waals surface area contributed by atoms with E-state index in [1.54, 1.807) is 17.2 Å². The van der Waals surface area contributed by atoms with Crippen LogP contribution in [0.1, 0.15) is 27.2 Å². The number of nitrogens with zero attached hydrogens (tertiary/aromatic N) is 3. The van der Waals surface area contributed by atoms with Crippen molar-refractivity contribution in [1.29, 1.82) is 0 Å². The molecule has 0 unspecified atom stereocenters. The first kappa shape index (κ1) is 15.8.